The van der Waals surface area contributed by atoms with Crippen molar-refractivity contribution in [3.63, 3.8) is 0 Å². The summed E-state index contributed by atoms with van der Waals surface area (Å²) in [5.74, 6) is 1.15. The van der Waals surface area contributed by atoms with Crippen LogP contribution in [0.15, 0.2) is 0 Å². The minimum atomic E-state index is 0. The van der Waals surface area contributed by atoms with Crippen LogP contribution in [0, 0.1) is 13.0 Å². The largest absolute Gasteiger partial charge is 0.455 e. The smallest absolute Gasteiger partial charge is 0 e. The molecule has 0 spiro atoms. The zero-order valence-electron chi connectivity index (χ0n) is 9.23. The molecule has 1 radical (unpaired) electrons. The second-order valence-electron chi connectivity index (χ2n) is 4.01. The number of hydrogen-bond acceptors (Lipinski definition) is 0. The van der Waals surface area contributed by atoms with Crippen LogP contribution in [0.1, 0.15) is 56.5 Å². The van der Waals surface area contributed by atoms with E-state index in [9.17, 15) is 0 Å². The normalized spacial score (nSPS) is 10.7. The van der Waals surface area contributed by atoms with Crippen molar-refractivity contribution in [2.24, 2.45) is 0 Å². The van der Waals surface area contributed by atoms with Gasteiger partial charge in [0.2, 0.25) is 0 Å². The van der Waals surface area contributed by atoms with Gasteiger partial charge in [0.1, 0.15) is 0 Å². The van der Waals surface area contributed by atoms with E-state index in [2.05, 4.69) is 45.7 Å². The maximum atomic E-state index is 3.37. The first-order valence-corrected chi connectivity index (χ1v) is 4.64. The topological polar surface area (TPSA) is 15.8 Å². The van der Waals surface area contributed by atoms with Crippen molar-refractivity contribution in [1.29, 1.82) is 0 Å². The molecule has 1 nitrogen and oxygen atoms in total. The summed E-state index contributed by atoms with van der Waals surface area (Å²) in [6.45, 7) is 10.9. The molecule has 0 unspecified atom stereocenters. The Morgan fingerprint density at radius 1 is 1.08 bits per heavy atom. The molecule has 1 heterocycles. The summed E-state index contributed by atoms with van der Waals surface area (Å²) in [5.41, 5.74) is 3.85. The number of hydrogen-bond donors (Lipinski definition) is 1. The number of aromatic amines is 1. The second-order valence-corrected chi connectivity index (χ2v) is 4.01. The molecule has 2 heteroatoms. The molecule has 0 aliphatic carbocycles. The predicted octanol–water partition coefficient (Wildman–Crippen LogP) is 3.37. The third kappa shape index (κ3) is 3.21. The van der Waals surface area contributed by atoms with Crippen LogP contribution in [0.4, 0.5) is 0 Å². The molecule has 0 bridgehead atoms. The molecule has 0 amide bonds. The van der Waals surface area contributed by atoms with Gasteiger partial charge in [-0.15, -0.1) is 5.69 Å². The average molecular weight is 253 g/mol. The van der Waals surface area contributed by atoms with E-state index in [4.69, 9.17) is 0 Å². The predicted molar refractivity (Wildman–Crippen MR) is 52.5 cm³/mol. The van der Waals surface area contributed by atoms with Gasteiger partial charge in [-0.25, -0.2) is 6.07 Å². The van der Waals surface area contributed by atoms with Gasteiger partial charge in [0.25, 0.3) is 0 Å². The average Bonchev–Trinajstić information content (AvgIpc) is 2.31. The Bertz CT molecular complexity index is 236. The van der Waals surface area contributed by atoms with E-state index in [0.717, 1.165) is 5.69 Å². The summed E-state index contributed by atoms with van der Waals surface area (Å²) < 4.78 is 0. The molecule has 1 rings (SSSR count). The Morgan fingerprint density at radius 2 is 1.62 bits per heavy atom. The van der Waals surface area contributed by atoms with Crippen molar-refractivity contribution >= 4 is 0 Å². The van der Waals surface area contributed by atoms with Crippen molar-refractivity contribution in [3.05, 3.63) is 23.0 Å². The Morgan fingerprint density at radius 3 is 1.92 bits per heavy atom. The van der Waals surface area contributed by atoms with Gasteiger partial charge in [-0.3, -0.25) is 0 Å². The van der Waals surface area contributed by atoms with Crippen LogP contribution in [0.25, 0.3) is 0 Å². The van der Waals surface area contributed by atoms with E-state index < -0.39 is 0 Å². The number of aryl methyl sites for hydroxylation is 1. The van der Waals surface area contributed by atoms with E-state index in [-0.39, 0.29) is 32.7 Å². The number of H-pyrrole nitrogens is 1. The van der Waals surface area contributed by atoms with Gasteiger partial charge in [-0.1, -0.05) is 45.2 Å². The fourth-order valence-electron chi connectivity index (χ4n) is 1.48. The molecule has 0 atom stereocenters. The van der Waals surface area contributed by atoms with E-state index in [0.29, 0.717) is 11.8 Å². The van der Waals surface area contributed by atoms with Crippen molar-refractivity contribution < 1.29 is 32.7 Å². The van der Waals surface area contributed by atoms with Crippen molar-refractivity contribution in [2.75, 3.05) is 0 Å². The maximum absolute atomic E-state index is 3.37. The molecule has 0 aliphatic rings. The molecule has 1 N–H and O–H groups in total. The third-order valence-corrected chi connectivity index (χ3v) is 2.09. The van der Waals surface area contributed by atoms with E-state index in [1.54, 1.807) is 0 Å². The van der Waals surface area contributed by atoms with E-state index in [1.165, 1.54) is 11.3 Å². The van der Waals surface area contributed by atoms with Gasteiger partial charge in [0, 0.05) is 32.7 Å². The summed E-state index contributed by atoms with van der Waals surface area (Å²) in [7, 11) is 0. The van der Waals surface area contributed by atoms with Gasteiger partial charge < -0.3 is 4.98 Å². The van der Waals surface area contributed by atoms with E-state index >= 15 is 0 Å². The zero-order chi connectivity index (χ0) is 9.30. The molecule has 0 aromatic carbocycles. The van der Waals surface area contributed by atoms with Crippen LogP contribution >= 0.6 is 0 Å². The SMILES string of the molecule is Cc1[c-]c(C(C)C)c(C(C)C)[nH]1.[Y]. The Hall–Kier alpha value is 0.384. The summed E-state index contributed by atoms with van der Waals surface area (Å²) >= 11 is 0. The summed E-state index contributed by atoms with van der Waals surface area (Å²) in [6.07, 6.45) is 0. The molecule has 1 aromatic heterocycles. The van der Waals surface area contributed by atoms with E-state index in [1.807, 2.05) is 0 Å². The zero-order valence-corrected chi connectivity index (χ0v) is 12.1. The van der Waals surface area contributed by atoms with Crippen molar-refractivity contribution in [1.82, 2.24) is 4.98 Å². The van der Waals surface area contributed by atoms with Crippen LogP contribution in [-0.2, 0) is 32.7 Å². The first-order chi connectivity index (χ1) is 5.52. The maximum Gasteiger partial charge on any atom is 0 e. The van der Waals surface area contributed by atoms with Crippen LogP contribution in [0.3, 0.4) is 0 Å². The summed E-state index contributed by atoms with van der Waals surface area (Å²) in [4.78, 5) is 3.37. The molecular weight excluding hydrogens is 235 g/mol. The van der Waals surface area contributed by atoms with Gasteiger partial charge in [0.05, 0.1) is 0 Å². The number of aromatic nitrogens is 1. The first kappa shape index (κ1) is 13.4. The molecule has 1 aromatic rings. The molecule has 0 fully saturated rings. The van der Waals surface area contributed by atoms with Gasteiger partial charge in [-0.2, -0.15) is 5.56 Å². The monoisotopic (exact) mass is 253 g/mol. The molecule has 71 valence electrons. The van der Waals surface area contributed by atoms with Gasteiger partial charge in [-0.05, 0) is 6.92 Å². The number of rotatable bonds is 2. The molecular formula is C11H18NY-. The van der Waals surface area contributed by atoms with Crippen molar-refractivity contribution in [2.45, 2.75) is 46.5 Å². The van der Waals surface area contributed by atoms with Crippen LogP contribution in [-0.4, -0.2) is 4.98 Å². The Kier molecular flexibility index (Phi) is 5.47. The quantitative estimate of drug-likeness (QED) is 0.778. The van der Waals surface area contributed by atoms with Crippen LogP contribution < -0.4 is 0 Å². The van der Waals surface area contributed by atoms with Crippen LogP contribution in [0.5, 0.6) is 0 Å². The Balaban J connectivity index is 0.00000144. The summed E-state index contributed by atoms with van der Waals surface area (Å²) in [5, 5.41) is 0. The number of nitrogens with one attached hydrogen (secondary N) is 1. The molecule has 0 saturated heterocycles. The fraction of sp³-hybridized carbons (Fsp3) is 0.636. The van der Waals surface area contributed by atoms with Gasteiger partial charge >= 0.3 is 0 Å². The fourth-order valence-corrected chi connectivity index (χ4v) is 1.48. The summed E-state index contributed by atoms with van der Waals surface area (Å²) in [6, 6.07) is 3.37. The molecule has 13 heavy (non-hydrogen) atoms. The van der Waals surface area contributed by atoms with Crippen LogP contribution in [0.2, 0.25) is 0 Å². The molecule has 0 aliphatic heterocycles. The second kappa shape index (κ2) is 5.31. The first-order valence-electron chi connectivity index (χ1n) is 4.64. The molecule has 0 saturated carbocycles. The minimum Gasteiger partial charge on any atom is -0.455 e. The third-order valence-electron chi connectivity index (χ3n) is 2.09. The minimum absolute atomic E-state index is 0. The Labute approximate surface area is 107 Å². The van der Waals surface area contributed by atoms with Gasteiger partial charge in [0.15, 0.2) is 0 Å². The standard InChI is InChI=1S/C11H18N.Y/c1-7(2)10-6-9(5)12-11(10)8(3)4;/h7-8,12H,1-5H3;/q-1;. The van der Waals surface area contributed by atoms with Crippen molar-refractivity contribution in [3.8, 4) is 0 Å².